The number of phenolic OH excluding ortho intramolecular Hbond substituents is 5. The van der Waals surface area contributed by atoms with Gasteiger partial charge in [0.15, 0.2) is 17.3 Å². The van der Waals surface area contributed by atoms with Gasteiger partial charge in [0.05, 0.1) is 5.56 Å². The second-order valence-electron chi connectivity index (χ2n) is 3.93. The molecule has 0 heterocycles. The molecular formula is C13H10O6. The van der Waals surface area contributed by atoms with Crippen molar-refractivity contribution in [3.05, 3.63) is 41.5 Å². The van der Waals surface area contributed by atoms with Crippen molar-refractivity contribution in [2.24, 2.45) is 0 Å². The number of rotatable bonds is 2. The van der Waals surface area contributed by atoms with Crippen LogP contribution in [0, 0.1) is 0 Å². The molecule has 2 rings (SSSR count). The zero-order chi connectivity index (χ0) is 14.2. The van der Waals surface area contributed by atoms with E-state index in [-0.39, 0.29) is 22.6 Å². The summed E-state index contributed by atoms with van der Waals surface area (Å²) in [4.78, 5) is 12.1. The molecular weight excluding hydrogens is 252 g/mol. The van der Waals surface area contributed by atoms with E-state index in [1.807, 2.05) is 0 Å². The molecule has 0 amide bonds. The molecule has 2 aromatic rings. The van der Waals surface area contributed by atoms with Crippen molar-refractivity contribution in [3.63, 3.8) is 0 Å². The lowest BCUT2D eigenvalue weighted by Gasteiger charge is -2.07. The van der Waals surface area contributed by atoms with E-state index in [1.54, 1.807) is 0 Å². The van der Waals surface area contributed by atoms with E-state index in [0.29, 0.717) is 0 Å². The van der Waals surface area contributed by atoms with Crippen molar-refractivity contribution < 1.29 is 30.3 Å². The lowest BCUT2D eigenvalue weighted by Crippen LogP contribution is -2.01. The number of hydrogen-bond donors (Lipinski definition) is 5. The predicted octanol–water partition coefficient (Wildman–Crippen LogP) is 1.45. The number of carbonyl (C=O) groups excluding carboxylic acids is 1. The first kappa shape index (κ1) is 12.6. The summed E-state index contributed by atoms with van der Waals surface area (Å²) >= 11 is 0. The highest BCUT2D eigenvalue weighted by Gasteiger charge is 2.19. The number of aromatic hydroxyl groups is 5. The molecule has 0 atom stereocenters. The van der Waals surface area contributed by atoms with E-state index < -0.39 is 23.0 Å². The average molecular weight is 262 g/mol. The van der Waals surface area contributed by atoms with Gasteiger partial charge in [-0.05, 0) is 18.2 Å². The lowest BCUT2D eigenvalue weighted by atomic mass is 10.0. The molecule has 6 nitrogen and oxygen atoms in total. The first-order chi connectivity index (χ1) is 8.88. The molecule has 0 aromatic heterocycles. The monoisotopic (exact) mass is 262 g/mol. The van der Waals surface area contributed by atoms with Crippen LogP contribution in [-0.2, 0) is 0 Å². The van der Waals surface area contributed by atoms with E-state index in [9.17, 15) is 30.3 Å². The summed E-state index contributed by atoms with van der Waals surface area (Å²) in [6.45, 7) is 0. The maximum Gasteiger partial charge on any atom is 0.197 e. The molecule has 19 heavy (non-hydrogen) atoms. The molecule has 98 valence electrons. The molecule has 0 saturated heterocycles. The topological polar surface area (TPSA) is 118 Å². The Morgan fingerprint density at radius 2 is 1.26 bits per heavy atom. The summed E-state index contributed by atoms with van der Waals surface area (Å²) in [6.07, 6.45) is 0. The zero-order valence-electron chi connectivity index (χ0n) is 9.53. The first-order valence-electron chi connectivity index (χ1n) is 5.21. The van der Waals surface area contributed by atoms with Gasteiger partial charge in [0, 0.05) is 17.7 Å². The minimum Gasteiger partial charge on any atom is -0.508 e. The van der Waals surface area contributed by atoms with E-state index in [2.05, 4.69) is 0 Å². The minimum atomic E-state index is -0.769. The highest BCUT2D eigenvalue weighted by Crippen LogP contribution is 2.35. The Morgan fingerprint density at radius 3 is 1.84 bits per heavy atom. The fourth-order valence-corrected chi connectivity index (χ4v) is 1.66. The highest BCUT2D eigenvalue weighted by atomic mass is 16.3. The highest BCUT2D eigenvalue weighted by molar-refractivity contribution is 6.11. The molecule has 0 saturated carbocycles. The molecule has 6 heteroatoms. The number of phenols is 5. The molecule has 0 aliphatic heterocycles. The molecule has 0 spiro atoms. The Bertz CT molecular complexity index is 642. The van der Waals surface area contributed by atoms with Crippen molar-refractivity contribution in [2.45, 2.75) is 0 Å². The van der Waals surface area contributed by atoms with Gasteiger partial charge in [-0.15, -0.1) is 0 Å². The van der Waals surface area contributed by atoms with Crippen LogP contribution >= 0.6 is 0 Å². The van der Waals surface area contributed by atoms with Crippen LogP contribution in [0.3, 0.4) is 0 Å². The van der Waals surface area contributed by atoms with Crippen LogP contribution < -0.4 is 0 Å². The van der Waals surface area contributed by atoms with Crippen LogP contribution in [0.25, 0.3) is 0 Å². The Balaban J connectivity index is 2.56. The van der Waals surface area contributed by atoms with Crippen molar-refractivity contribution in [1.82, 2.24) is 0 Å². The van der Waals surface area contributed by atoms with Crippen LogP contribution in [0.15, 0.2) is 30.3 Å². The summed E-state index contributed by atoms with van der Waals surface area (Å²) in [5.41, 5.74) is -0.444. The van der Waals surface area contributed by atoms with Gasteiger partial charge in [0.1, 0.15) is 17.2 Å². The molecule has 0 unspecified atom stereocenters. The quantitative estimate of drug-likeness (QED) is 0.317. The average Bonchev–Trinajstić information content (AvgIpc) is 2.31. The summed E-state index contributed by atoms with van der Waals surface area (Å²) in [7, 11) is 0. The zero-order valence-corrected chi connectivity index (χ0v) is 9.53. The Labute approximate surface area is 107 Å². The molecule has 0 aliphatic carbocycles. The van der Waals surface area contributed by atoms with Gasteiger partial charge in [-0.2, -0.15) is 0 Å². The summed E-state index contributed by atoms with van der Waals surface area (Å²) in [6, 6.07) is 5.06. The fraction of sp³-hybridized carbons (Fsp3) is 0. The predicted molar refractivity (Wildman–Crippen MR) is 64.6 cm³/mol. The molecule has 0 radical (unpaired) electrons. The summed E-state index contributed by atoms with van der Waals surface area (Å²) < 4.78 is 0. The van der Waals surface area contributed by atoms with E-state index in [4.69, 9.17) is 0 Å². The van der Waals surface area contributed by atoms with Crippen LogP contribution in [0.4, 0.5) is 0 Å². The van der Waals surface area contributed by atoms with Crippen molar-refractivity contribution >= 4 is 5.78 Å². The molecule has 5 N–H and O–H groups in total. The second-order valence-corrected chi connectivity index (χ2v) is 3.93. The third-order valence-electron chi connectivity index (χ3n) is 2.48. The Hall–Kier alpha value is -2.89. The largest absolute Gasteiger partial charge is 0.508 e. The molecule has 0 fully saturated rings. The second kappa shape index (κ2) is 4.41. The molecule has 2 aromatic carbocycles. The third-order valence-corrected chi connectivity index (χ3v) is 2.48. The number of hydrogen-bond acceptors (Lipinski definition) is 6. The molecule has 0 aliphatic rings. The molecule has 0 bridgehead atoms. The van der Waals surface area contributed by atoms with Crippen LogP contribution in [0.1, 0.15) is 15.9 Å². The van der Waals surface area contributed by atoms with Gasteiger partial charge >= 0.3 is 0 Å². The first-order valence-corrected chi connectivity index (χ1v) is 5.21. The smallest absolute Gasteiger partial charge is 0.197 e. The van der Waals surface area contributed by atoms with Crippen LogP contribution in [0.2, 0.25) is 0 Å². The van der Waals surface area contributed by atoms with Gasteiger partial charge in [0.2, 0.25) is 0 Å². The van der Waals surface area contributed by atoms with Gasteiger partial charge in [-0.25, -0.2) is 0 Å². The van der Waals surface area contributed by atoms with Crippen LogP contribution in [0.5, 0.6) is 28.7 Å². The van der Waals surface area contributed by atoms with Crippen LogP contribution in [-0.4, -0.2) is 31.3 Å². The van der Waals surface area contributed by atoms with E-state index in [1.165, 1.54) is 0 Å². The third kappa shape index (κ3) is 2.37. The van der Waals surface area contributed by atoms with Gasteiger partial charge in [0.25, 0.3) is 0 Å². The van der Waals surface area contributed by atoms with Gasteiger partial charge in [-0.3, -0.25) is 4.79 Å². The standard InChI is InChI=1S/C13H10O6/c14-7-1-6(2-8(15)3-7)12(18)10-4-9(16)5-11(17)13(10)19/h1-5,14-17,19H. The number of carbonyl (C=O) groups is 1. The lowest BCUT2D eigenvalue weighted by molar-refractivity contribution is 0.103. The van der Waals surface area contributed by atoms with Gasteiger partial charge in [-0.1, -0.05) is 0 Å². The Morgan fingerprint density at radius 1 is 0.737 bits per heavy atom. The minimum absolute atomic E-state index is 0.0993. The van der Waals surface area contributed by atoms with Gasteiger partial charge < -0.3 is 25.5 Å². The maximum absolute atomic E-state index is 12.1. The normalized spacial score (nSPS) is 10.3. The van der Waals surface area contributed by atoms with Crippen molar-refractivity contribution in [2.75, 3.05) is 0 Å². The van der Waals surface area contributed by atoms with E-state index >= 15 is 0 Å². The Kier molecular flexibility index (Phi) is 2.92. The van der Waals surface area contributed by atoms with Crippen molar-refractivity contribution in [1.29, 1.82) is 0 Å². The fourth-order valence-electron chi connectivity index (χ4n) is 1.66. The maximum atomic E-state index is 12.1. The SMILES string of the molecule is O=C(c1cc(O)cc(O)c1)c1cc(O)cc(O)c1O. The van der Waals surface area contributed by atoms with Crippen molar-refractivity contribution in [3.8, 4) is 28.7 Å². The van der Waals surface area contributed by atoms with E-state index in [0.717, 1.165) is 30.3 Å². The number of benzene rings is 2. The summed E-state index contributed by atoms with van der Waals surface area (Å²) in [5.74, 6) is -3.16. The summed E-state index contributed by atoms with van der Waals surface area (Å²) in [5, 5.41) is 46.8. The number of ketones is 1.